The molecule has 7 nitrogen and oxygen atoms in total. The number of alkyl halides is 6. The molecule has 0 aromatic heterocycles. The second-order valence-corrected chi connectivity index (χ2v) is 12.1. The Labute approximate surface area is 225 Å². The van der Waals surface area contributed by atoms with Crippen LogP contribution in [-0.4, -0.2) is 81.9 Å². The molecule has 1 saturated carbocycles. The molecule has 1 atom stereocenters. The lowest BCUT2D eigenvalue weighted by molar-refractivity contribution is -0.179. The van der Waals surface area contributed by atoms with Gasteiger partial charge in [0.25, 0.3) is 0 Å². The molecule has 1 aromatic rings. The number of carbonyl (C=O) groups is 1. The maximum atomic E-state index is 14.2. The summed E-state index contributed by atoms with van der Waals surface area (Å²) in [6.45, 7) is 3.44. The first-order valence-electron chi connectivity index (χ1n) is 11.8. The number of amides is 2. The number of benzene rings is 1. The lowest BCUT2D eigenvalue weighted by Crippen LogP contribution is -2.69. The van der Waals surface area contributed by atoms with Crippen LogP contribution in [0.15, 0.2) is 28.4 Å². The normalized spacial score (nSPS) is 21.4. The summed E-state index contributed by atoms with van der Waals surface area (Å²) in [4.78, 5) is 16.0. The molecule has 2 aliphatic heterocycles. The lowest BCUT2D eigenvalue weighted by atomic mass is 9.56. The van der Waals surface area contributed by atoms with Gasteiger partial charge in [0, 0.05) is 41.3 Å². The van der Waals surface area contributed by atoms with E-state index in [0.29, 0.717) is 38.1 Å². The molecule has 2 saturated heterocycles. The molecule has 1 spiro atoms. The highest BCUT2D eigenvalue weighted by molar-refractivity contribution is 14.2. The average Bonchev–Trinajstić information content (AvgIpc) is 2.76. The van der Waals surface area contributed by atoms with Crippen molar-refractivity contribution in [1.29, 1.82) is 0 Å². The lowest BCUT2D eigenvalue weighted by Gasteiger charge is -2.60. The fourth-order valence-corrected chi connectivity index (χ4v) is 5.59. The van der Waals surface area contributed by atoms with Crippen LogP contribution in [0.1, 0.15) is 30.9 Å². The predicted octanol–water partition coefficient (Wildman–Crippen LogP) is 4.68. The van der Waals surface area contributed by atoms with Gasteiger partial charge in [0.2, 0.25) is 0 Å². The van der Waals surface area contributed by atoms with Crippen LogP contribution >= 0.6 is 20.7 Å². The Bertz CT molecular complexity index is 1120. The van der Waals surface area contributed by atoms with Crippen LogP contribution in [0, 0.1) is 17.2 Å². The van der Waals surface area contributed by atoms with Gasteiger partial charge in [0.15, 0.2) is 6.10 Å². The molecular weight excluding hydrogens is 633 g/mol. The Balaban J connectivity index is 1.15. The molecule has 0 radical (unpaired) electrons. The molecule has 0 bridgehead atoms. The molecule has 3 fully saturated rings. The van der Waals surface area contributed by atoms with Crippen LogP contribution < -0.4 is 0 Å². The van der Waals surface area contributed by atoms with Crippen LogP contribution in [0.5, 0.6) is 0 Å². The Kier molecular flexibility index (Phi) is 8.25. The zero-order valence-corrected chi connectivity index (χ0v) is 22.6. The molecule has 3 aliphatic rings. The summed E-state index contributed by atoms with van der Waals surface area (Å²) >= 11 is -1.66. The van der Waals surface area contributed by atoms with E-state index in [0.717, 1.165) is 18.9 Å². The smallest absolute Gasteiger partial charge is 0.378 e. The topological polar surface area (TPSA) is 77.7 Å². The zero-order valence-electron chi connectivity index (χ0n) is 20.4. The Hall–Kier alpha value is -2.07. The first-order valence-corrected chi connectivity index (χ1v) is 14.4. The van der Waals surface area contributed by atoms with E-state index in [9.17, 15) is 31.1 Å². The SMILES string of the molecule is C=IC(F)(F)c1ccc(COC2CN(C(=O)N3CC4(CC(/C(C)=N/N=C/C(O)C(F)(F)F)C4)C3)C2)c(F)c1. The summed E-state index contributed by atoms with van der Waals surface area (Å²) in [5, 5.41) is 16.0. The first kappa shape index (κ1) is 28.9. The van der Waals surface area contributed by atoms with E-state index in [4.69, 9.17) is 9.84 Å². The Morgan fingerprint density at radius 2 is 1.92 bits per heavy atom. The standard InChI is InChI=1S/C24H27F6IN4O3/c1-14(33-32-8-20(36)23(26,27)28)16-6-22(7-16)12-35(13-22)21(37)34-9-18(10-34)38-11-15-3-4-17(5-19(15)25)24(29,30)31-2/h3-5,8,16,18,20,36H,2,6-7,9-13H2,1H3/b32-8+,33-14+. The van der Waals surface area contributed by atoms with Crippen molar-refractivity contribution in [2.45, 2.75) is 48.7 Å². The number of aliphatic hydroxyl groups is 1. The van der Waals surface area contributed by atoms with Crippen LogP contribution in [0.3, 0.4) is 0 Å². The molecule has 38 heavy (non-hydrogen) atoms. The van der Waals surface area contributed by atoms with Crippen LogP contribution in [-0.2, 0) is 15.3 Å². The van der Waals surface area contributed by atoms with Gasteiger partial charge in [-0.3, -0.25) is 0 Å². The minimum atomic E-state index is -4.78. The summed E-state index contributed by atoms with van der Waals surface area (Å²) in [5.74, 6) is -0.697. The fourth-order valence-electron chi connectivity index (χ4n) is 4.82. The van der Waals surface area contributed by atoms with Gasteiger partial charge in [-0.05, 0) is 46.6 Å². The minimum Gasteiger partial charge on any atom is -0.378 e. The largest absolute Gasteiger partial charge is 0.419 e. The molecule has 2 heterocycles. The van der Waals surface area contributed by atoms with Crippen LogP contribution in [0.25, 0.3) is 0 Å². The molecular formula is C24H27F6IN4O3. The molecule has 2 amide bonds. The van der Waals surface area contributed by atoms with Gasteiger partial charge in [0.05, 0.1) is 32.0 Å². The van der Waals surface area contributed by atoms with E-state index >= 15 is 0 Å². The van der Waals surface area contributed by atoms with E-state index in [1.54, 1.807) is 16.7 Å². The fraction of sp³-hybridized carbons (Fsp3) is 0.583. The van der Waals surface area contributed by atoms with Gasteiger partial charge < -0.3 is 19.6 Å². The number of carbonyl (C=O) groups excluding carboxylic acids is 1. The van der Waals surface area contributed by atoms with Gasteiger partial charge >= 0.3 is 16.1 Å². The van der Waals surface area contributed by atoms with Gasteiger partial charge in [0.1, 0.15) is 5.82 Å². The van der Waals surface area contributed by atoms with Crippen molar-refractivity contribution in [3.05, 3.63) is 35.1 Å². The van der Waals surface area contributed by atoms with E-state index < -0.39 is 42.8 Å². The number of nitrogens with zero attached hydrogens (tertiary/aromatic N) is 4. The molecule has 14 heteroatoms. The highest BCUT2D eigenvalue weighted by Gasteiger charge is 2.55. The van der Waals surface area contributed by atoms with Crippen LogP contribution in [0.4, 0.5) is 31.1 Å². The Morgan fingerprint density at radius 3 is 2.50 bits per heavy atom. The van der Waals surface area contributed by atoms with Crippen molar-refractivity contribution < 1.29 is 41.0 Å². The number of halogens is 7. The maximum absolute atomic E-state index is 14.2. The van der Waals surface area contributed by atoms with Crippen molar-refractivity contribution in [2.24, 2.45) is 21.5 Å². The molecule has 210 valence electrons. The summed E-state index contributed by atoms with van der Waals surface area (Å²) < 4.78 is 84.4. The molecule has 1 N–H and O–H groups in total. The second kappa shape index (κ2) is 10.8. The summed E-state index contributed by atoms with van der Waals surface area (Å²) in [5.41, 5.74) is 0.340. The average molecular weight is 660 g/mol. The van der Waals surface area contributed by atoms with Gasteiger partial charge in [-0.25, -0.2) is 9.18 Å². The van der Waals surface area contributed by atoms with E-state index in [2.05, 4.69) is 14.7 Å². The van der Waals surface area contributed by atoms with Crippen molar-refractivity contribution in [2.75, 3.05) is 26.2 Å². The van der Waals surface area contributed by atoms with Crippen LogP contribution in [0.2, 0.25) is 0 Å². The second-order valence-electron chi connectivity index (χ2n) is 10.0. The van der Waals surface area contributed by atoms with E-state index in [1.807, 2.05) is 0 Å². The van der Waals surface area contributed by atoms with E-state index in [-0.39, 0.29) is 41.2 Å². The van der Waals surface area contributed by atoms with E-state index in [1.165, 1.54) is 12.1 Å². The van der Waals surface area contributed by atoms with Crippen molar-refractivity contribution >= 4 is 43.2 Å². The number of rotatable bonds is 8. The number of ether oxygens (including phenoxy) is 1. The number of aliphatic hydroxyl groups excluding tert-OH is 1. The number of hydrogen-bond acceptors (Lipinski definition) is 5. The monoisotopic (exact) mass is 660 g/mol. The summed E-state index contributed by atoms with van der Waals surface area (Å²) in [6.07, 6.45) is -5.85. The number of hydrogen-bond donors (Lipinski definition) is 1. The quantitative estimate of drug-likeness (QED) is 0.145. The van der Waals surface area contributed by atoms with Crippen molar-refractivity contribution in [1.82, 2.24) is 9.80 Å². The number of likely N-dealkylation sites (tertiary alicyclic amines) is 2. The summed E-state index contributed by atoms with van der Waals surface area (Å²) in [7, 11) is 0. The number of urea groups is 1. The Morgan fingerprint density at radius 1 is 1.26 bits per heavy atom. The third-order valence-electron chi connectivity index (χ3n) is 7.17. The van der Waals surface area contributed by atoms with Gasteiger partial charge in [-0.15, -0.1) is 0 Å². The molecule has 4 rings (SSSR count). The molecule has 1 unspecified atom stereocenters. The molecule has 1 aliphatic carbocycles. The van der Waals surface area contributed by atoms with Crippen molar-refractivity contribution in [3.8, 4) is 0 Å². The van der Waals surface area contributed by atoms with Gasteiger partial charge in [-0.1, -0.05) is 16.6 Å². The predicted molar refractivity (Wildman–Crippen MR) is 137 cm³/mol. The molecule has 1 aromatic carbocycles. The minimum absolute atomic E-state index is 0.0244. The van der Waals surface area contributed by atoms with Gasteiger partial charge in [-0.2, -0.15) is 32.2 Å². The highest BCUT2D eigenvalue weighted by Crippen LogP contribution is 2.52. The van der Waals surface area contributed by atoms with Crippen molar-refractivity contribution in [3.63, 3.8) is 0 Å². The maximum Gasteiger partial charge on any atom is 0.419 e. The highest BCUT2D eigenvalue weighted by atomic mass is 127. The third-order valence-corrected chi connectivity index (χ3v) is 8.75. The first-order chi connectivity index (χ1) is 17.7. The summed E-state index contributed by atoms with van der Waals surface area (Å²) in [6, 6.07) is 3.18. The third kappa shape index (κ3) is 6.22. The zero-order chi connectivity index (χ0) is 27.9.